The molecule has 0 N–H and O–H groups in total. The maximum absolute atomic E-state index is 12.8. The smallest absolute Gasteiger partial charge is 0.246 e. The monoisotopic (exact) mass is 298 g/mol. The molecule has 1 aromatic carbocycles. The van der Waals surface area contributed by atoms with Gasteiger partial charge in [-0.15, -0.1) is 0 Å². The summed E-state index contributed by atoms with van der Waals surface area (Å²) in [5.74, 6) is 0.404. The second kappa shape index (κ2) is 6.01. The van der Waals surface area contributed by atoms with E-state index in [-0.39, 0.29) is 4.90 Å². The van der Waals surface area contributed by atoms with Gasteiger partial charge >= 0.3 is 0 Å². The zero-order chi connectivity index (χ0) is 14.8. The molecule has 1 saturated heterocycles. The number of piperidine rings is 1. The van der Waals surface area contributed by atoms with Crippen molar-refractivity contribution in [1.82, 2.24) is 4.31 Å². The van der Waals surface area contributed by atoms with Gasteiger partial charge in [0.2, 0.25) is 10.0 Å². The first-order valence-corrected chi connectivity index (χ1v) is 8.26. The number of anilines is 1. The lowest BCUT2D eigenvalue weighted by Gasteiger charge is -2.27. The molecule has 1 aromatic rings. The second-order valence-electron chi connectivity index (χ2n) is 5.19. The Labute approximate surface area is 121 Å². The molecule has 1 aliphatic heterocycles. The molecule has 5 nitrogen and oxygen atoms in total. The van der Waals surface area contributed by atoms with Crippen molar-refractivity contribution in [3.05, 3.63) is 18.2 Å². The molecule has 0 atom stereocenters. The van der Waals surface area contributed by atoms with E-state index < -0.39 is 10.0 Å². The van der Waals surface area contributed by atoms with Crippen molar-refractivity contribution in [2.75, 3.05) is 39.2 Å². The van der Waals surface area contributed by atoms with Crippen LogP contribution >= 0.6 is 0 Å². The van der Waals surface area contributed by atoms with Crippen LogP contribution in [-0.2, 0) is 10.0 Å². The highest BCUT2D eigenvalue weighted by Crippen LogP contribution is 2.31. The third-order valence-corrected chi connectivity index (χ3v) is 5.52. The second-order valence-corrected chi connectivity index (χ2v) is 7.10. The first kappa shape index (κ1) is 15.1. The Hall–Kier alpha value is -1.27. The highest BCUT2D eigenvalue weighted by molar-refractivity contribution is 7.89. The Kier molecular flexibility index (Phi) is 4.55. The average molecular weight is 298 g/mol. The fourth-order valence-electron chi connectivity index (χ4n) is 2.39. The Morgan fingerprint density at radius 3 is 2.35 bits per heavy atom. The molecular formula is C14H22N2O3S. The summed E-state index contributed by atoms with van der Waals surface area (Å²) in [7, 11) is 1.80. The molecule has 0 saturated carbocycles. The third kappa shape index (κ3) is 2.91. The topological polar surface area (TPSA) is 49.9 Å². The summed E-state index contributed by atoms with van der Waals surface area (Å²) in [5, 5.41) is 0. The van der Waals surface area contributed by atoms with E-state index in [2.05, 4.69) is 0 Å². The van der Waals surface area contributed by atoms with Gasteiger partial charge in [0.1, 0.15) is 10.6 Å². The summed E-state index contributed by atoms with van der Waals surface area (Å²) >= 11 is 0. The molecule has 0 bridgehead atoms. The van der Waals surface area contributed by atoms with E-state index in [9.17, 15) is 8.42 Å². The number of sulfonamides is 1. The SMILES string of the molecule is COc1ccc(N(C)C)cc1S(=O)(=O)N1CCCCC1. The number of hydrogen-bond donors (Lipinski definition) is 0. The predicted octanol–water partition coefficient (Wildman–Crippen LogP) is 1.94. The van der Waals surface area contributed by atoms with Gasteiger partial charge in [0.25, 0.3) is 0 Å². The summed E-state index contributed by atoms with van der Waals surface area (Å²) in [6, 6.07) is 5.25. The quantitative estimate of drug-likeness (QED) is 0.852. The summed E-state index contributed by atoms with van der Waals surface area (Å²) < 4.78 is 32.3. The van der Waals surface area contributed by atoms with Gasteiger partial charge in [-0.3, -0.25) is 0 Å². The van der Waals surface area contributed by atoms with Crippen LogP contribution in [0.25, 0.3) is 0 Å². The Morgan fingerprint density at radius 1 is 1.15 bits per heavy atom. The molecular weight excluding hydrogens is 276 g/mol. The van der Waals surface area contributed by atoms with Gasteiger partial charge in [0.05, 0.1) is 7.11 Å². The van der Waals surface area contributed by atoms with Crippen LogP contribution in [0.1, 0.15) is 19.3 Å². The van der Waals surface area contributed by atoms with Gasteiger partial charge in [-0.2, -0.15) is 4.31 Å². The summed E-state index contributed by atoms with van der Waals surface area (Å²) in [4.78, 5) is 2.14. The van der Waals surface area contributed by atoms with Crippen LogP contribution in [0.15, 0.2) is 23.1 Å². The summed E-state index contributed by atoms with van der Waals surface area (Å²) in [6.45, 7) is 1.19. The zero-order valence-corrected chi connectivity index (χ0v) is 13.1. The zero-order valence-electron chi connectivity index (χ0n) is 12.3. The van der Waals surface area contributed by atoms with E-state index in [0.717, 1.165) is 24.9 Å². The van der Waals surface area contributed by atoms with Gasteiger partial charge in [-0.25, -0.2) is 8.42 Å². The molecule has 1 aliphatic rings. The molecule has 112 valence electrons. The minimum Gasteiger partial charge on any atom is -0.495 e. The lowest BCUT2D eigenvalue weighted by Crippen LogP contribution is -2.35. The van der Waals surface area contributed by atoms with Crippen molar-refractivity contribution in [1.29, 1.82) is 0 Å². The van der Waals surface area contributed by atoms with Crippen LogP contribution < -0.4 is 9.64 Å². The number of nitrogens with zero attached hydrogens (tertiary/aromatic N) is 2. The van der Waals surface area contributed by atoms with E-state index >= 15 is 0 Å². The standard InChI is InChI=1S/C14H22N2O3S/c1-15(2)12-7-8-13(19-3)14(11-12)20(17,18)16-9-5-4-6-10-16/h7-8,11H,4-6,9-10H2,1-3H3. The molecule has 20 heavy (non-hydrogen) atoms. The third-order valence-electron chi connectivity index (χ3n) is 3.60. The number of benzene rings is 1. The first-order chi connectivity index (χ1) is 9.46. The Bertz CT molecular complexity index is 564. The molecule has 2 rings (SSSR count). The molecule has 1 fully saturated rings. The highest BCUT2D eigenvalue weighted by Gasteiger charge is 2.29. The largest absolute Gasteiger partial charge is 0.495 e. The highest BCUT2D eigenvalue weighted by atomic mass is 32.2. The van der Waals surface area contributed by atoms with Gasteiger partial charge < -0.3 is 9.64 Å². The van der Waals surface area contributed by atoms with Crippen molar-refractivity contribution in [2.45, 2.75) is 24.2 Å². The molecule has 0 unspecified atom stereocenters. The van der Waals surface area contributed by atoms with Crippen LogP contribution in [0.2, 0.25) is 0 Å². The van der Waals surface area contributed by atoms with E-state index in [1.54, 1.807) is 16.4 Å². The van der Waals surface area contributed by atoms with Crippen molar-refractivity contribution in [3.63, 3.8) is 0 Å². The lowest BCUT2D eigenvalue weighted by molar-refractivity contribution is 0.343. The van der Waals surface area contributed by atoms with E-state index in [1.807, 2.05) is 25.1 Å². The minimum atomic E-state index is -3.48. The van der Waals surface area contributed by atoms with Crippen molar-refractivity contribution in [3.8, 4) is 5.75 Å². The fourth-order valence-corrected chi connectivity index (χ4v) is 4.08. The summed E-state index contributed by atoms with van der Waals surface area (Å²) in [5.41, 5.74) is 0.849. The van der Waals surface area contributed by atoms with E-state index in [4.69, 9.17) is 4.74 Å². The van der Waals surface area contributed by atoms with Crippen LogP contribution in [0.4, 0.5) is 5.69 Å². The molecule has 0 amide bonds. The van der Waals surface area contributed by atoms with Gasteiger partial charge in [-0.1, -0.05) is 6.42 Å². The van der Waals surface area contributed by atoms with E-state index in [0.29, 0.717) is 18.8 Å². The van der Waals surface area contributed by atoms with Crippen molar-refractivity contribution < 1.29 is 13.2 Å². The fraction of sp³-hybridized carbons (Fsp3) is 0.571. The summed E-state index contributed by atoms with van der Waals surface area (Å²) in [6.07, 6.45) is 2.95. The molecule has 6 heteroatoms. The van der Waals surface area contributed by atoms with Crippen LogP contribution in [0, 0.1) is 0 Å². The normalized spacial score (nSPS) is 16.9. The van der Waals surface area contributed by atoms with E-state index in [1.165, 1.54) is 7.11 Å². The maximum atomic E-state index is 12.8. The van der Waals surface area contributed by atoms with Crippen LogP contribution in [0.3, 0.4) is 0 Å². The molecule has 0 aliphatic carbocycles. The Morgan fingerprint density at radius 2 is 1.80 bits per heavy atom. The maximum Gasteiger partial charge on any atom is 0.246 e. The molecule has 1 heterocycles. The lowest BCUT2D eigenvalue weighted by atomic mass is 10.2. The van der Waals surface area contributed by atoms with Gasteiger partial charge in [-0.05, 0) is 31.0 Å². The number of hydrogen-bond acceptors (Lipinski definition) is 4. The number of rotatable bonds is 4. The average Bonchev–Trinajstić information content (AvgIpc) is 2.47. The number of ether oxygens (including phenoxy) is 1. The Balaban J connectivity index is 2.45. The minimum absolute atomic E-state index is 0.258. The van der Waals surface area contributed by atoms with Gasteiger partial charge in [0.15, 0.2) is 0 Å². The predicted molar refractivity (Wildman–Crippen MR) is 79.9 cm³/mol. The number of methoxy groups -OCH3 is 1. The molecule has 0 radical (unpaired) electrons. The van der Waals surface area contributed by atoms with Crippen LogP contribution in [-0.4, -0.2) is 47.0 Å². The van der Waals surface area contributed by atoms with Crippen molar-refractivity contribution >= 4 is 15.7 Å². The first-order valence-electron chi connectivity index (χ1n) is 6.82. The molecule has 0 aromatic heterocycles. The van der Waals surface area contributed by atoms with Gasteiger partial charge in [0, 0.05) is 32.9 Å². The van der Waals surface area contributed by atoms with Crippen LogP contribution in [0.5, 0.6) is 5.75 Å². The molecule has 0 spiro atoms. The van der Waals surface area contributed by atoms with Crippen molar-refractivity contribution in [2.24, 2.45) is 0 Å².